The van der Waals surface area contributed by atoms with Crippen molar-refractivity contribution in [3.05, 3.63) is 65.7 Å². The lowest BCUT2D eigenvalue weighted by atomic mass is 10.1. The summed E-state index contributed by atoms with van der Waals surface area (Å²) in [5, 5.41) is 14.8. The molecule has 0 bridgehead atoms. The highest BCUT2D eigenvalue weighted by Crippen LogP contribution is 2.16. The van der Waals surface area contributed by atoms with Gasteiger partial charge in [-0.15, -0.1) is 0 Å². The number of hydrogen-bond donors (Lipinski definition) is 3. The van der Waals surface area contributed by atoms with E-state index in [0.29, 0.717) is 6.42 Å². The molecular formula is C22H25N3O5. The second kappa shape index (κ2) is 9.89. The van der Waals surface area contributed by atoms with Crippen LogP contribution in [0.3, 0.4) is 0 Å². The van der Waals surface area contributed by atoms with E-state index >= 15 is 0 Å². The van der Waals surface area contributed by atoms with Crippen LogP contribution in [-0.4, -0.2) is 54.2 Å². The van der Waals surface area contributed by atoms with Gasteiger partial charge in [-0.2, -0.15) is 0 Å². The Kier molecular flexibility index (Phi) is 7.03. The molecule has 0 spiro atoms. The first-order valence-corrected chi connectivity index (χ1v) is 9.71. The molecule has 2 aromatic rings. The summed E-state index contributed by atoms with van der Waals surface area (Å²) in [6, 6.07) is 14.5. The van der Waals surface area contributed by atoms with Crippen molar-refractivity contribution in [2.45, 2.75) is 24.9 Å². The molecule has 0 saturated carbocycles. The van der Waals surface area contributed by atoms with Gasteiger partial charge in [0.25, 0.3) is 5.91 Å². The quantitative estimate of drug-likeness (QED) is 0.541. The lowest BCUT2D eigenvalue weighted by molar-refractivity contribution is -0.131. The van der Waals surface area contributed by atoms with Crippen molar-refractivity contribution >= 4 is 17.8 Å². The Morgan fingerprint density at radius 2 is 1.87 bits per heavy atom. The fourth-order valence-corrected chi connectivity index (χ4v) is 3.32. The summed E-state index contributed by atoms with van der Waals surface area (Å²) < 4.78 is 5.11. The monoisotopic (exact) mass is 411 g/mol. The topological polar surface area (TPSA) is 108 Å². The van der Waals surface area contributed by atoms with E-state index in [9.17, 15) is 19.5 Å². The minimum Gasteiger partial charge on any atom is -0.497 e. The number of nitrogens with one attached hydrogen (secondary N) is 2. The first kappa shape index (κ1) is 21.3. The molecule has 1 aliphatic rings. The van der Waals surface area contributed by atoms with Gasteiger partial charge in [-0.05, 0) is 29.7 Å². The van der Waals surface area contributed by atoms with Crippen LogP contribution in [0.4, 0.5) is 4.79 Å². The van der Waals surface area contributed by atoms with Crippen LogP contribution in [0.15, 0.2) is 54.6 Å². The molecule has 3 rings (SSSR count). The molecule has 0 aromatic heterocycles. The molecule has 0 radical (unpaired) electrons. The highest BCUT2D eigenvalue weighted by Gasteiger charge is 2.38. The molecule has 1 heterocycles. The summed E-state index contributed by atoms with van der Waals surface area (Å²) in [7, 11) is 1.58. The van der Waals surface area contributed by atoms with E-state index in [0.717, 1.165) is 21.8 Å². The molecule has 1 saturated heterocycles. The number of imide groups is 1. The van der Waals surface area contributed by atoms with Gasteiger partial charge in [-0.25, -0.2) is 4.79 Å². The highest BCUT2D eigenvalue weighted by atomic mass is 16.5. The zero-order valence-electron chi connectivity index (χ0n) is 16.7. The SMILES string of the molecule is COc1ccc(CCN2C(=O)NC(CC(=O)N[C@H](CO)c3ccccc3)C2=O)cc1. The fourth-order valence-electron chi connectivity index (χ4n) is 3.32. The van der Waals surface area contributed by atoms with Crippen molar-refractivity contribution in [1.29, 1.82) is 0 Å². The maximum Gasteiger partial charge on any atom is 0.324 e. The Bertz CT molecular complexity index is 885. The van der Waals surface area contributed by atoms with Crippen LogP contribution in [0, 0.1) is 0 Å². The number of amides is 4. The largest absolute Gasteiger partial charge is 0.497 e. The minimum atomic E-state index is -0.913. The van der Waals surface area contributed by atoms with Crippen molar-refractivity contribution in [2.75, 3.05) is 20.3 Å². The molecule has 3 N–H and O–H groups in total. The number of aliphatic hydroxyl groups excluding tert-OH is 1. The number of rotatable bonds is 9. The number of hydrogen-bond acceptors (Lipinski definition) is 5. The smallest absolute Gasteiger partial charge is 0.324 e. The Morgan fingerprint density at radius 3 is 2.50 bits per heavy atom. The van der Waals surface area contributed by atoms with Crippen LogP contribution in [-0.2, 0) is 16.0 Å². The lowest BCUT2D eigenvalue weighted by Gasteiger charge is -2.18. The number of methoxy groups -OCH3 is 1. The van der Waals surface area contributed by atoms with E-state index in [-0.39, 0.29) is 19.6 Å². The number of benzene rings is 2. The van der Waals surface area contributed by atoms with Gasteiger partial charge in [0.2, 0.25) is 5.91 Å². The van der Waals surface area contributed by atoms with Crippen LogP contribution in [0.2, 0.25) is 0 Å². The molecule has 1 fully saturated rings. The summed E-state index contributed by atoms with van der Waals surface area (Å²) >= 11 is 0. The Balaban J connectivity index is 1.54. The molecule has 2 atom stereocenters. The fraction of sp³-hybridized carbons (Fsp3) is 0.318. The number of ether oxygens (including phenoxy) is 1. The first-order chi connectivity index (χ1) is 14.5. The minimum absolute atomic E-state index is 0.188. The Hall–Kier alpha value is -3.39. The predicted octanol–water partition coefficient (Wildman–Crippen LogP) is 1.40. The zero-order valence-corrected chi connectivity index (χ0v) is 16.7. The zero-order chi connectivity index (χ0) is 21.5. The van der Waals surface area contributed by atoms with Crippen molar-refractivity contribution in [3.8, 4) is 5.75 Å². The molecule has 2 aromatic carbocycles. The third kappa shape index (κ3) is 5.15. The van der Waals surface area contributed by atoms with E-state index in [2.05, 4.69) is 10.6 Å². The van der Waals surface area contributed by atoms with E-state index in [1.165, 1.54) is 0 Å². The summed E-state index contributed by atoms with van der Waals surface area (Å²) in [5.41, 5.74) is 1.72. The van der Waals surface area contributed by atoms with Gasteiger partial charge in [0, 0.05) is 6.54 Å². The number of carbonyl (C=O) groups is 3. The summed E-state index contributed by atoms with van der Waals surface area (Å²) in [6.07, 6.45) is 0.315. The summed E-state index contributed by atoms with van der Waals surface area (Å²) in [4.78, 5) is 38.3. The van der Waals surface area contributed by atoms with Crippen LogP contribution in [0.1, 0.15) is 23.6 Å². The van der Waals surface area contributed by atoms with Gasteiger partial charge >= 0.3 is 6.03 Å². The van der Waals surface area contributed by atoms with E-state index < -0.39 is 29.9 Å². The molecule has 158 valence electrons. The second-order valence-corrected chi connectivity index (χ2v) is 7.01. The van der Waals surface area contributed by atoms with Crippen LogP contribution < -0.4 is 15.4 Å². The van der Waals surface area contributed by atoms with Crippen LogP contribution >= 0.6 is 0 Å². The number of carbonyl (C=O) groups excluding carboxylic acids is 3. The third-order valence-electron chi connectivity index (χ3n) is 5.00. The average molecular weight is 411 g/mol. The normalized spacial score (nSPS) is 16.9. The van der Waals surface area contributed by atoms with Gasteiger partial charge in [-0.3, -0.25) is 14.5 Å². The molecule has 30 heavy (non-hydrogen) atoms. The highest BCUT2D eigenvalue weighted by molar-refractivity contribution is 6.05. The van der Waals surface area contributed by atoms with E-state index in [1.807, 2.05) is 42.5 Å². The van der Waals surface area contributed by atoms with Gasteiger partial charge in [0.1, 0.15) is 11.8 Å². The predicted molar refractivity (Wildman–Crippen MR) is 110 cm³/mol. The van der Waals surface area contributed by atoms with Crippen LogP contribution in [0.5, 0.6) is 5.75 Å². The summed E-state index contributed by atoms with van der Waals surface area (Å²) in [5.74, 6) is -0.117. The van der Waals surface area contributed by atoms with Crippen LogP contribution in [0.25, 0.3) is 0 Å². The van der Waals surface area contributed by atoms with Crippen molar-refractivity contribution in [3.63, 3.8) is 0 Å². The second-order valence-electron chi connectivity index (χ2n) is 7.01. The van der Waals surface area contributed by atoms with Gasteiger partial charge in [-0.1, -0.05) is 42.5 Å². The third-order valence-corrected chi connectivity index (χ3v) is 5.00. The standard InChI is InChI=1S/C22H25N3O5/c1-30-17-9-7-15(8-10-17)11-12-25-21(28)18(24-22(25)29)13-20(27)23-19(14-26)16-5-3-2-4-6-16/h2-10,18-19,26H,11-14H2,1H3,(H,23,27)(H,24,29)/t18?,19-/m1/s1. The molecule has 4 amide bonds. The van der Waals surface area contributed by atoms with Gasteiger partial charge in [0.15, 0.2) is 0 Å². The van der Waals surface area contributed by atoms with E-state index in [1.54, 1.807) is 19.2 Å². The number of nitrogens with zero attached hydrogens (tertiary/aromatic N) is 1. The molecule has 1 aliphatic heterocycles. The van der Waals surface area contributed by atoms with Crippen molar-refractivity contribution in [1.82, 2.24) is 15.5 Å². The van der Waals surface area contributed by atoms with Gasteiger partial charge < -0.3 is 20.5 Å². The molecule has 8 heteroatoms. The Labute approximate surface area is 174 Å². The Morgan fingerprint density at radius 1 is 1.17 bits per heavy atom. The maximum atomic E-state index is 12.6. The molecule has 1 unspecified atom stereocenters. The number of urea groups is 1. The number of aliphatic hydroxyl groups is 1. The first-order valence-electron chi connectivity index (χ1n) is 9.71. The lowest BCUT2D eigenvalue weighted by Crippen LogP contribution is -2.38. The molecule has 8 nitrogen and oxygen atoms in total. The summed E-state index contributed by atoms with van der Waals surface area (Å²) in [6.45, 7) is -0.0485. The van der Waals surface area contributed by atoms with Crippen molar-refractivity contribution < 1.29 is 24.2 Å². The maximum absolute atomic E-state index is 12.6. The van der Waals surface area contributed by atoms with Crippen molar-refractivity contribution in [2.24, 2.45) is 0 Å². The van der Waals surface area contributed by atoms with E-state index in [4.69, 9.17) is 4.74 Å². The average Bonchev–Trinajstić information content (AvgIpc) is 3.03. The molecular weight excluding hydrogens is 386 g/mol. The molecule has 0 aliphatic carbocycles. The van der Waals surface area contributed by atoms with Gasteiger partial charge in [0.05, 0.1) is 26.2 Å².